The number of nitrogens with zero attached hydrogens (tertiary/aromatic N) is 7. The van der Waals surface area contributed by atoms with Crippen molar-refractivity contribution < 1.29 is 4.74 Å². The fraction of sp³-hybridized carbons (Fsp3) is 0.333. The van der Waals surface area contributed by atoms with Crippen LogP contribution in [0.1, 0.15) is 5.56 Å². The van der Waals surface area contributed by atoms with Gasteiger partial charge in [0.25, 0.3) is 5.56 Å². The van der Waals surface area contributed by atoms with E-state index in [1.807, 2.05) is 44.4 Å². The first-order valence-corrected chi connectivity index (χ1v) is 11.3. The molecule has 0 aliphatic heterocycles. The topological polar surface area (TPSA) is 120 Å². The van der Waals surface area contributed by atoms with Gasteiger partial charge >= 0.3 is 5.69 Å². The van der Waals surface area contributed by atoms with Crippen molar-refractivity contribution in [1.29, 1.82) is 0 Å². The van der Waals surface area contributed by atoms with Crippen molar-refractivity contribution in [3.8, 4) is 17.1 Å². The lowest BCUT2D eigenvalue weighted by molar-refractivity contribution is 0.308. The summed E-state index contributed by atoms with van der Waals surface area (Å²) in [5.41, 5.74) is 0.669. The van der Waals surface area contributed by atoms with Crippen LogP contribution in [-0.2, 0) is 13.6 Å². The number of hydrogen-bond donors (Lipinski definition) is 1. The Morgan fingerprint density at radius 2 is 1.86 bits per heavy atom. The molecule has 0 unspecified atom stereocenters. The Balaban J connectivity index is 1.53. The van der Waals surface area contributed by atoms with Gasteiger partial charge in [-0.3, -0.25) is 18.9 Å². The molecule has 182 valence electrons. The van der Waals surface area contributed by atoms with Crippen LogP contribution in [0.5, 0.6) is 5.75 Å². The van der Waals surface area contributed by atoms with Crippen molar-refractivity contribution >= 4 is 11.2 Å². The molecule has 1 aromatic carbocycles. The Morgan fingerprint density at radius 1 is 1.06 bits per heavy atom. The molecule has 35 heavy (non-hydrogen) atoms. The Labute approximate surface area is 202 Å². The molecule has 0 bridgehead atoms. The lowest BCUT2D eigenvalue weighted by Crippen LogP contribution is -2.39. The number of rotatable bonds is 10. The number of hydrogen-bond acceptors (Lipinski definition) is 9. The minimum atomic E-state index is -0.523. The summed E-state index contributed by atoms with van der Waals surface area (Å²) in [6.45, 7) is 3.36. The summed E-state index contributed by atoms with van der Waals surface area (Å²) in [5.74, 6) is 1.01. The molecule has 11 nitrogen and oxygen atoms in total. The summed E-state index contributed by atoms with van der Waals surface area (Å²) in [4.78, 5) is 36.2. The fourth-order valence-electron chi connectivity index (χ4n) is 3.47. The molecule has 0 saturated carbocycles. The summed E-state index contributed by atoms with van der Waals surface area (Å²) in [6, 6.07) is 10.9. The molecule has 0 amide bonds. The van der Waals surface area contributed by atoms with E-state index in [9.17, 15) is 9.59 Å². The second-order valence-corrected chi connectivity index (χ2v) is 8.33. The maximum atomic E-state index is 12.8. The van der Waals surface area contributed by atoms with Crippen molar-refractivity contribution in [2.24, 2.45) is 7.05 Å². The Kier molecular flexibility index (Phi) is 7.58. The van der Waals surface area contributed by atoms with E-state index < -0.39 is 11.2 Å². The third-order valence-electron chi connectivity index (χ3n) is 5.41. The first-order valence-electron chi connectivity index (χ1n) is 11.3. The van der Waals surface area contributed by atoms with E-state index in [1.54, 1.807) is 18.5 Å². The normalized spacial score (nSPS) is 11.3. The second kappa shape index (κ2) is 11.0. The first kappa shape index (κ1) is 24.2. The highest BCUT2D eigenvalue weighted by Crippen LogP contribution is 2.19. The van der Waals surface area contributed by atoms with E-state index in [2.05, 4.69) is 30.4 Å². The Hall–Kier alpha value is -3.96. The van der Waals surface area contributed by atoms with Gasteiger partial charge in [-0.05, 0) is 50.0 Å². The lowest BCUT2D eigenvalue weighted by Gasteiger charge is -2.11. The molecule has 3 heterocycles. The third kappa shape index (κ3) is 5.76. The summed E-state index contributed by atoms with van der Waals surface area (Å²) in [7, 11) is 5.49. The zero-order valence-electron chi connectivity index (χ0n) is 20.0. The average molecular weight is 477 g/mol. The average Bonchev–Trinajstić information content (AvgIpc) is 2.88. The molecule has 3 aromatic heterocycles. The van der Waals surface area contributed by atoms with Crippen molar-refractivity contribution in [1.82, 2.24) is 39.5 Å². The minimum absolute atomic E-state index is 0.0742. The quantitative estimate of drug-likeness (QED) is 0.327. The van der Waals surface area contributed by atoms with Gasteiger partial charge in [0.15, 0.2) is 17.0 Å². The fourth-order valence-corrected chi connectivity index (χ4v) is 3.47. The molecule has 4 rings (SSSR count). The van der Waals surface area contributed by atoms with Gasteiger partial charge in [0.2, 0.25) is 0 Å². The summed E-state index contributed by atoms with van der Waals surface area (Å²) in [6.07, 6.45) is 3.31. The Bertz CT molecular complexity index is 1400. The van der Waals surface area contributed by atoms with Gasteiger partial charge in [-0.2, -0.15) is 0 Å². The highest BCUT2D eigenvalue weighted by molar-refractivity contribution is 5.71. The summed E-state index contributed by atoms with van der Waals surface area (Å²) < 4.78 is 8.17. The van der Waals surface area contributed by atoms with E-state index in [0.717, 1.165) is 35.5 Å². The van der Waals surface area contributed by atoms with Crippen LogP contribution in [0.25, 0.3) is 22.6 Å². The molecule has 0 fully saturated rings. The van der Waals surface area contributed by atoms with Gasteiger partial charge in [0, 0.05) is 44.6 Å². The van der Waals surface area contributed by atoms with Gasteiger partial charge in [-0.15, -0.1) is 10.2 Å². The number of fused-ring (bicyclic) bond motifs is 1. The first-order chi connectivity index (χ1) is 16.9. The van der Waals surface area contributed by atoms with Gasteiger partial charge in [-0.25, -0.2) is 9.78 Å². The van der Waals surface area contributed by atoms with Crippen molar-refractivity contribution in [3.63, 3.8) is 0 Å². The minimum Gasteiger partial charge on any atom is -0.492 e. The smallest absolute Gasteiger partial charge is 0.332 e. The van der Waals surface area contributed by atoms with Crippen molar-refractivity contribution in [3.05, 3.63) is 75.2 Å². The summed E-state index contributed by atoms with van der Waals surface area (Å²) in [5, 5.41) is 11.7. The maximum Gasteiger partial charge on any atom is 0.332 e. The van der Waals surface area contributed by atoms with Crippen LogP contribution >= 0.6 is 0 Å². The monoisotopic (exact) mass is 476 g/mol. The molecule has 0 atom stereocenters. The highest BCUT2D eigenvalue weighted by atomic mass is 16.5. The number of aromatic nitrogens is 6. The number of nitrogens with one attached hydrogen (secondary N) is 1. The van der Waals surface area contributed by atoms with Crippen LogP contribution in [0.15, 0.2) is 58.4 Å². The molecule has 11 heteroatoms. The van der Waals surface area contributed by atoms with Crippen LogP contribution < -0.4 is 21.3 Å². The molecular weight excluding hydrogens is 448 g/mol. The van der Waals surface area contributed by atoms with Gasteiger partial charge < -0.3 is 15.0 Å². The zero-order valence-corrected chi connectivity index (χ0v) is 20.0. The van der Waals surface area contributed by atoms with Crippen LogP contribution in [0.2, 0.25) is 0 Å². The molecule has 0 aliphatic carbocycles. The predicted octanol–water partition coefficient (Wildman–Crippen LogP) is 0.526. The number of ether oxygens (including phenoxy) is 1. The maximum absolute atomic E-state index is 12.8. The summed E-state index contributed by atoms with van der Waals surface area (Å²) >= 11 is 0. The zero-order chi connectivity index (χ0) is 24.8. The molecule has 4 aromatic rings. The SMILES string of the molecule is CN(C)CCNCCOc1ccc(-c2nnc3c(n2)c(=O)n(C)c(=O)n3Cc2cccnc2)cc1. The molecular formula is C24H28N8O3. The number of benzene rings is 1. The van der Waals surface area contributed by atoms with Gasteiger partial charge in [0.05, 0.1) is 6.54 Å². The van der Waals surface area contributed by atoms with Gasteiger partial charge in [0.1, 0.15) is 12.4 Å². The van der Waals surface area contributed by atoms with Crippen LogP contribution in [-0.4, -0.2) is 74.5 Å². The lowest BCUT2D eigenvalue weighted by atomic mass is 10.2. The van der Waals surface area contributed by atoms with Gasteiger partial charge in [-0.1, -0.05) is 6.07 Å². The molecule has 1 N–H and O–H groups in total. The molecule has 0 spiro atoms. The van der Waals surface area contributed by atoms with Crippen LogP contribution in [0.4, 0.5) is 0 Å². The number of likely N-dealkylation sites (N-methyl/N-ethyl adjacent to an activating group) is 1. The van der Waals surface area contributed by atoms with E-state index in [4.69, 9.17) is 4.74 Å². The van der Waals surface area contributed by atoms with Crippen molar-refractivity contribution in [2.75, 3.05) is 40.3 Å². The van der Waals surface area contributed by atoms with E-state index in [1.165, 1.54) is 11.6 Å². The third-order valence-corrected chi connectivity index (χ3v) is 5.41. The number of pyridine rings is 1. The highest BCUT2D eigenvalue weighted by Gasteiger charge is 2.16. The van der Waals surface area contributed by atoms with Crippen molar-refractivity contribution in [2.45, 2.75) is 6.54 Å². The molecule has 0 radical (unpaired) electrons. The predicted molar refractivity (Wildman–Crippen MR) is 133 cm³/mol. The van der Waals surface area contributed by atoms with Crippen LogP contribution in [0, 0.1) is 0 Å². The standard InChI is InChI=1S/C24H28N8O3/c1-30(2)13-11-25-12-14-35-19-8-6-18(7-9-19)21-27-20-22(29-28-21)32(24(34)31(3)23(20)33)16-17-5-4-10-26-15-17/h4-10,15,25H,11-14,16H2,1-3H3. The van der Waals surface area contributed by atoms with E-state index in [0.29, 0.717) is 12.2 Å². The second-order valence-electron chi connectivity index (χ2n) is 8.33. The van der Waals surface area contributed by atoms with Crippen LogP contribution in [0.3, 0.4) is 0 Å². The van der Waals surface area contributed by atoms with E-state index >= 15 is 0 Å². The largest absolute Gasteiger partial charge is 0.492 e. The molecule has 0 aliphatic rings. The molecule has 0 saturated heterocycles. The van der Waals surface area contributed by atoms with E-state index in [-0.39, 0.29) is 23.5 Å². The Morgan fingerprint density at radius 3 is 2.57 bits per heavy atom.